The van der Waals surface area contributed by atoms with Gasteiger partial charge < -0.3 is 20.9 Å². The summed E-state index contributed by atoms with van der Waals surface area (Å²) in [4.78, 5) is 4.15. The van der Waals surface area contributed by atoms with Crippen LogP contribution in [0.1, 0.15) is 12.5 Å². The van der Waals surface area contributed by atoms with Gasteiger partial charge >= 0.3 is 0 Å². The van der Waals surface area contributed by atoms with Crippen molar-refractivity contribution in [1.29, 1.82) is 0 Å². The van der Waals surface area contributed by atoms with Gasteiger partial charge in [-0.05, 0) is 36.8 Å². The number of nitrogens with two attached hydrogens (primary N) is 1. The van der Waals surface area contributed by atoms with Gasteiger partial charge in [0.2, 0.25) is 0 Å². The van der Waals surface area contributed by atoms with E-state index in [1.807, 2.05) is 12.1 Å². The molecule has 0 radical (unpaired) electrons. The molecule has 0 aliphatic rings. The number of nitrogens with zero attached hydrogens (tertiary/aromatic N) is 1. The Labute approximate surface area is 134 Å². The maximum atomic E-state index is 13.0. The molecule has 0 spiro atoms. The smallest absolute Gasteiger partial charge is 0.193 e. The number of aliphatic imine (C=N–C) groups is 1. The lowest BCUT2D eigenvalue weighted by Crippen LogP contribution is -2.29. The predicted octanol–water partition coefficient (Wildman–Crippen LogP) is 2.47. The van der Waals surface area contributed by atoms with Gasteiger partial charge in [0.1, 0.15) is 17.2 Å². The summed E-state index contributed by atoms with van der Waals surface area (Å²) >= 11 is 0. The van der Waals surface area contributed by atoms with E-state index in [9.17, 15) is 9.50 Å². The number of nitrogens with one attached hydrogen (secondary N) is 1. The second-order valence-corrected chi connectivity index (χ2v) is 5.31. The molecule has 1 atom stereocenters. The molecule has 2 aromatic carbocycles. The molecule has 23 heavy (non-hydrogen) atoms. The minimum Gasteiger partial charge on any atom is -0.495 e. The Balaban J connectivity index is 2.07. The minimum absolute atomic E-state index is 0.0343. The zero-order valence-electron chi connectivity index (χ0n) is 13.1. The third-order valence-corrected chi connectivity index (χ3v) is 3.39. The highest BCUT2D eigenvalue weighted by Gasteiger charge is 2.22. The molecule has 122 valence electrons. The highest BCUT2D eigenvalue weighted by atomic mass is 19.1. The van der Waals surface area contributed by atoms with Crippen molar-refractivity contribution in [3.63, 3.8) is 0 Å². The van der Waals surface area contributed by atoms with Crippen LogP contribution in [-0.4, -0.2) is 24.7 Å². The van der Waals surface area contributed by atoms with Crippen molar-refractivity contribution in [3.8, 4) is 5.75 Å². The number of para-hydroxylation sites is 2. The van der Waals surface area contributed by atoms with Crippen LogP contribution in [0.2, 0.25) is 0 Å². The fourth-order valence-corrected chi connectivity index (χ4v) is 2.06. The van der Waals surface area contributed by atoms with Crippen LogP contribution in [0.15, 0.2) is 53.5 Å². The number of aliphatic hydroxyl groups is 1. The molecule has 0 bridgehead atoms. The molecule has 0 fully saturated rings. The number of hydrogen-bond donors (Lipinski definition) is 3. The lowest BCUT2D eigenvalue weighted by atomic mass is 9.96. The summed E-state index contributed by atoms with van der Waals surface area (Å²) in [5.74, 6) is 0.429. The first-order valence-corrected chi connectivity index (χ1v) is 7.11. The standard InChI is InChI=1S/C17H20FN3O2/c1-17(22,12-7-9-13(18)10-8-12)11-20-16(19)21-14-5-3-4-6-15(14)23-2/h3-10,22H,11H2,1-2H3,(H3,19,20,21). The Bertz CT molecular complexity index is 684. The molecular formula is C17H20FN3O2. The normalized spacial score (nSPS) is 14.2. The van der Waals surface area contributed by atoms with Crippen LogP contribution in [0.5, 0.6) is 5.75 Å². The van der Waals surface area contributed by atoms with Crippen molar-refractivity contribution in [1.82, 2.24) is 0 Å². The van der Waals surface area contributed by atoms with Crippen LogP contribution >= 0.6 is 0 Å². The van der Waals surface area contributed by atoms with E-state index >= 15 is 0 Å². The average molecular weight is 317 g/mol. The van der Waals surface area contributed by atoms with Gasteiger partial charge in [0.25, 0.3) is 0 Å². The molecule has 0 aromatic heterocycles. The Kier molecular flexibility index (Phi) is 5.18. The van der Waals surface area contributed by atoms with E-state index in [0.717, 1.165) is 0 Å². The predicted molar refractivity (Wildman–Crippen MR) is 89.1 cm³/mol. The highest BCUT2D eigenvalue weighted by Crippen LogP contribution is 2.23. The van der Waals surface area contributed by atoms with Crippen LogP contribution in [0.25, 0.3) is 0 Å². The molecule has 0 aliphatic carbocycles. The monoisotopic (exact) mass is 317 g/mol. The van der Waals surface area contributed by atoms with Crippen LogP contribution in [0, 0.1) is 5.82 Å². The Morgan fingerprint density at radius 2 is 1.91 bits per heavy atom. The molecule has 0 saturated heterocycles. The second kappa shape index (κ2) is 7.11. The van der Waals surface area contributed by atoms with Gasteiger partial charge in [0, 0.05) is 0 Å². The molecular weight excluding hydrogens is 297 g/mol. The van der Waals surface area contributed by atoms with E-state index in [2.05, 4.69) is 10.3 Å². The van der Waals surface area contributed by atoms with E-state index in [1.54, 1.807) is 26.2 Å². The Hall–Kier alpha value is -2.60. The van der Waals surface area contributed by atoms with Crippen LogP contribution < -0.4 is 15.8 Å². The van der Waals surface area contributed by atoms with Crippen molar-refractivity contribution < 1.29 is 14.2 Å². The summed E-state index contributed by atoms with van der Waals surface area (Å²) in [6.07, 6.45) is 0. The van der Waals surface area contributed by atoms with Gasteiger partial charge in [-0.15, -0.1) is 0 Å². The summed E-state index contributed by atoms with van der Waals surface area (Å²) in [6, 6.07) is 12.9. The Morgan fingerprint density at radius 3 is 2.57 bits per heavy atom. The number of benzene rings is 2. The molecule has 2 aromatic rings. The van der Waals surface area contributed by atoms with Gasteiger partial charge in [-0.2, -0.15) is 0 Å². The van der Waals surface area contributed by atoms with Crippen molar-refractivity contribution in [3.05, 3.63) is 59.9 Å². The summed E-state index contributed by atoms with van der Waals surface area (Å²) in [7, 11) is 1.56. The lowest BCUT2D eigenvalue weighted by molar-refractivity contribution is 0.0673. The SMILES string of the molecule is COc1ccccc1NC(N)=NCC(C)(O)c1ccc(F)cc1. The summed E-state index contributed by atoms with van der Waals surface area (Å²) < 4.78 is 18.2. The molecule has 5 nitrogen and oxygen atoms in total. The zero-order chi connectivity index (χ0) is 16.9. The number of hydrogen-bond acceptors (Lipinski definition) is 3. The summed E-state index contributed by atoms with van der Waals surface area (Å²) in [6.45, 7) is 1.63. The first kappa shape index (κ1) is 16.8. The van der Waals surface area contributed by atoms with Crippen molar-refractivity contribution in [2.24, 2.45) is 10.7 Å². The lowest BCUT2D eigenvalue weighted by Gasteiger charge is -2.22. The minimum atomic E-state index is -1.25. The van der Waals surface area contributed by atoms with Gasteiger partial charge in [-0.1, -0.05) is 24.3 Å². The van der Waals surface area contributed by atoms with E-state index in [0.29, 0.717) is 17.0 Å². The first-order chi connectivity index (χ1) is 10.9. The Morgan fingerprint density at radius 1 is 1.26 bits per heavy atom. The van der Waals surface area contributed by atoms with Crippen LogP contribution in [0.4, 0.5) is 10.1 Å². The topological polar surface area (TPSA) is 79.9 Å². The zero-order valence-corrected chi connectivity index (χ0v) is 13.1. The van der Waals surface area contributed by atoms with Gasteiger partial charge in [0.05, 0.1) is 19.3 Å². The van der Waals surface area contributed by atoms with Crippen molar-refractivity contribution >= 4 is 11.6 Å². The third-order valence-electron chi connectivity index (χ3n) is 3.39. The first-order valence-electron chi connectivity index (χ1n) is 7.11. The summed E-state index contributed by atoms with van der Waals surface area (Å²) in [5, 5.41) is 13.4. The maximum Gasteiger partial charge on any atom is 0.193 e. The fraction of sp³-hybridized carbons (Fsp3) is 0.235. The molecule has 2 rings (SSSR count). The van der Waals surface area contributed by atoms with Gasteiger partial charge in [-0.3, -0.25) is 0 Å². The quantitative estimate of drug-likeness (QED) is 0.584. The molecule has 0 aliphatic heterocycles. The number of methoxy groups -OCH3 is 1. The van der Waals surface area contributed by atoms with E-state index in [4.69, 9.17) is 10.5 Å². The van der Waals surface area contributed by atoms with Crippen LogP contribution in [0.3, 0.4) is 0 Å². The number of rotatable bonds is 5. The fourth-order valence-electron chi connectivity index (χ4n) is 2.06. The number of anilines is 1. The number of guanidine groups is 1. The van der Waals surface area contributed by atoms with Crippen LogP contribution in [-0.2, 0) is 5.60 Å². The molecule has 0 amide bonds. The maximum absolute atomic E-state index is 13.0. The molecule has 6 heteroatoms. The second-order valence-electron chi connectivity index (χ2n) is 5.31. The summed E-state index contributed by atoms with van der Waals surface area (Å²) in [5.41, 5.74) is 5.84. The average Bonchev–Trinajstić information content (AvgIpc) is 2.54. The van der Waals surface area contributed by atoms with E-state index in [-0.39, 0.29) is 18.3 Å². The van der Waals surface area contributed by atoms with Crippen molar-refractivity contribution in [2.75, 3.05) is 19.0 Å². The van der Waals surface area contributed by atoms with Gasteiger partial charge in [-0.25, -0.2) is 9.38 Å². The molecule has 0 saturated carbocycles. The molecule has 1 unspecified atom stereocenters. The van der Waals surface area contributed by atoms with E-state index in [1.165, 1.54) is 24.3 Å². The number of ether oxygens (including phenoxy) is 1. The van der Waals surface area contributed by atoms with Gasteiger partial charge in [0.15, 0.2) is 5.96 Å². The largest absolute Gasteiger partial charge is 0.495 e. The third kappa shape index (κ3) is 4.43. The van der Waals surface area contributed by atoms with E-state index < -0.39 is 5.60 Å². The highest BCUT2D eigenvalue weighted by molar-refractivity contribution is 5.93. The number of halogens is 1. The van der Waals surface area contributed by atoms with Crippen molar-refractivity contribution in [2.45, 2.75) is 12.5 Å². The molecule has 0 heterocycles. The molecule has 4 N–H and O–H groups in total.